The van der Waals surface area contributed by atoms with Crippen LogP contribution in [0.5, 0.6) is 0 Å². The third-order valence-electron chi connectivity index (χ3n) is 2.91. The Labute approximate surface area is 136 Å². The summed E-state index contributed by atoms with van der Waals surface area (Å²) >= 11 is 5.08. The number of thiocarbonyl (C=S) groups is 1. The van der Waals surface area contributed by atoms with Gasteiger partial charge in [0.05, 0.1) is 12.4 Å². The van der Waals surface area contributed by atoms with E-state index in [-0.39, 0.29) is 0 Å². The fraction of sp³-hybridized carbons (Fsp3) is 0.118. The van der Waals surface area contributed by atoms with Gasteiger partial charge in [-0.2, -0.15) is 10.2 Å². The van der Waals surface area contributed by atoms with Crippen LogP contribution in [0.1, 0.15) is 22.3 Å². The van der Waals surface area contributed by atoms with E-state index in [4.69, 9.17) is 12.2 Å². The lowest BCUT2D eigenvalue weighted by Crippen LogP contribution is -2.28. The van der Waals surface area contributed by atoms with Gasteiger partial charge in [0.25, 0.3) is 0 Å². The number of nitrogens with one attached hydrogen (secondary N) is 2. The fourth-order valence-corrected chi connectivity index (χ4v) is 1.77. The molecule has 0 fully saturated rings. The molecule has 0 aliphatic heterocycles. The molecule has 0 bridgehead atoms. The van der Waals surface area contributed by atoms with Gasteiger partial charge in [-0.25, -0.2) is 0 Å². The number of hydrogen-bond acceptors (Lipinski definition) is 3. The Balaban J connectivity index is 1.78. The van der Waals surface area contributed by atoms with Crippen molar-refractivity contribution < 1.29 is 0 Å². The second-order valence-corrected chi connectivity index (χ2v) is 5.30. The van der Waals surface area contributed by atoms with Gasteiger partial charge in [-0.15, -0.1) is 0 Å². The van der Waals surface area contributed by atoms with Crippen LogP contribution >= 0.6 is 12.2 Å². The van der Waals surface area contributed by atoms with E-state index in [9.17, 15) is 0 Å². The first-order chi connectivity index (χ1) is 10.6. The van der Waals surface area contributed by atoms with Crippen molar-refractivity contribution in [1.82, 2.24) is 10.9 Å². The van der Waals surface area contributed by atoms with Gasteiger partial charge in [-0.05, 0) is 37.2 Å². The van der Waals surface area contributed by atoms with Crippen LogP contribution in [0.3, 0.4) is 0 Å². The normalized spacial score (nSPS) is 11.0. The highest BCUT2D eigenvalue weighted by Crippen LogP contribution is 2.00. The molecule has 0 saturated heterocycles. The number of rotatable bonds is 4. The largest absolute Gasteiger partial charge is 0.252 e. The zero-order valence-electron chi connectivity index (χ0n) is 12.6. The molecule has 0 amide bonds. The molecule has 2 aromatic carbocycles. The third kappa shape index (κ3) is 5.46. The maximum atomic E-state index is 5.08. The van der Waals surface area contributed by atoms with Crippen LogP contribution in [0, 0.1) is 13.8 Å². The molecule has 4 nitrogen and oxygen atoms in total. The molecule has 0 spiro atoms. The minimum Gasteiger partial charge on any atom is -0.252 e. The van der Waals surface area contributed by atoms with Crippen LogP contribution in [0.4, 0.5) is 0 Å². The first-order valence-electron chi connectivity index (χ1n) is 6.89. The highest BCUT2D eigenvalue weighted by molar-refractivity contribution is 7.80. The van der Waals surface area contributed by atoms with Gasteiger partial charge in [0, 0.05) is 0 Å². The molecule has 2 aromatic rings. The van der Waals surface area contributed by atoms with Crippen LogP contribution in [0.2, 0.25) is 0 Å². The molecule has 22 heavy (non-hydrogen) atoms. The SMILES string of the molecule is Cc1ccc(/C=N\NC(=S)N/N=C\c2ccc(C)cc2)cc1. The zero-order chi connectivity index (χ0) is 15.8. The predicted octanol–water partition coefficient (Wildman–Crippen LogP) is 3.14. The first-order valence-corrected chi connectivity index (χ1v) is 7.30. The molecule has 0 aromatic heterocycles. The average molecular weight is 310 g/mol. The minimum atomic E-state index is 0.340. The first kappa shape index (κ1) is 15.9. The second kappa shape index (κ2) is 8.05. The fourth-order valence-electron chi connectivity index (χ4n) is 1.66. The molecule has 0 unspecified atom stereocenters. The second-order valence-electron chi connectivity index (χ2n) is 4.89. The highest BCUT2D eigenvalue weighted by atomic mass is 32.1. The van der Waals surface area contributed by atoms with E-state index in [1.54, 1.807) is 12.4 Å². The van der Waals surface area contributed by atoms with Crippen molar-refractivity contribution in [3.05, 3.63) is 70.8 Å². The molecular formula is C17H18N4S. The molecule has 5 heteroatoms. The molecule has 0 aliphatic rings. The minimum absolute atomic E-state index is 0.340. The number of aryl methyl sites for hydroxylation is 2. The van der Waals surface area contributed by atoms with Gasteiger partial charge >= 0.3 is 0 Å². The Morgan fingerprint density at radius 3 is 1.50 bits per heavy atom. The standard InChI is InChI=1S/C17H18N4S/c1-13-3-7-15(8-4-13)11-18-20-17(22)21-19-12-16-9-5-14(2)6-10-16/h3-12H,1-2H3,(H2,20,21,22)/b18-11-,19-12-. The summed E-state index contributed by atoms with van der Waals surface area (Å²) in [5.41, 5.74) is 9.87. The Bertz CT molecular complexity index is 613. The zero-order valence-corrected chi connectivity index (χ0v) is 13.4. The van der Waals surface area contributed by atoms with Gasteiger partial charge in [-0.1, -0.05) is 59.7 Å². The van der Waals surface area contributed by atoms with Gasteiger partial charge in [0.1, 0.15) is 0 Å². The van der Waals surface area contributed by atoms with E-state index in [1.165, 1.54) is 11.1 Å². The van der Waals surface area contributed by atoms with Crippen LogP contribution in [-0.2, 0) is 0 Å². The molecule has 2 N–H and O–H groups in total. The van der Waals surface area contributed by atoms with Crippen LogP contribution < -0.4 is 10.9 Å². The highest BCUT2D eigenvalue weighted by Gasteiger charge is 1.91. The molecule has 0 aliphatic carbocycles. The van der Waals surface area contributed by atoms with E-state index in [1.807, 2.05) is 62.4 Å². The number of benzene rings is 2. The average Bonchev–Trinajstić information content (AvgIpc) is 2.51. The summed E-state index contributed by atoms with van der Waals surface area (Å²) in [7, 11) is 0. The quantitative estimate of drug-likeness (QED) is 0.518. The van der Waals surface area contributed by atoms with Crippen LogP contribution in [0.15, 0.2) is 58.7 Å². The number of hydrazone groups is 2. The third-order valence-corrected chi connectivity index (χ3v) is 3.10. The van der Waals surface area contributed by atoms with E-state index >= 15 is 0 Å². The number of nitrogens with zero attached hydrogens (tertiary/aromatic N) is 2. The Morgan fingerprint density at radius 2 is 1.14 bits per heavy atom. The molecule has 0 atom stereocenters. The molecule has 112 valence electrons. The van der Waals surface area contributed by atoms with Crippen molar-refractivity contribution in [2.75, 3.05) is 0 Å². The maximum absolute atomic E-state index is 5.08. The summed E-state index contributed by atoms with van der Waals surface area (Å²) in [6.07, 6.45) is 3.41. The molecule has 0 saturated carbocycles. The van der Waals surface area contributed by atoms with Gasteiger partial charge < -0.3 is 0 Å². The van der Waals surface area contributed by atoms with Crippen molar-refractivity contribution in [1.29, 1.82) is 0 Å². The Morgan fingerprint density at radius 1 is 0.773 bits per heavy atom. The van der Waals surface area contributed by atoms with E-state index in [0.29, 0.717) is 5.11 Å². The predicted molar refractivity (Wildman–Crippen MR) is 96.4 cm³/mol. The topological polar surface area (TPSA) is 48.8 Å². The van der Waals surface area contributed by atoms with Crippen molar-refractivity contribution in [2.24, 2.45) is 10.2 Å². The van der Waals surface area contributed by atoms with E-state index < -0.39 is 0 Å². The summed E-state index contributed by atoms with van der Waals surface area (Å²) in [5.74, 6) is 0. The smallest absolute Gasteiger partial charge is 0.207 e. The summed E-state index contributed by atoms with van der Waals surface area (Å²) in [4.78, 5) is 0. The summed E-state index contributed by atoms with van der Waals surface area (Å²) in [5, 5.41) is 8.45. The molecule has 0 radical (unpaired) electrons. The molecule has 0 heterocycles. The van der Waals surface area contributed by atoms with Crippen LogP contribution in [0.25, 0.3) is 0 Å². The van der Waals surface area contributed by atoms with Crippen molar-refractivity contribution in [2.45, 2.75) is 13.8 Å². The lowest BCUT2D eigenvalue weighted by atomic mass is 10.2. The van der Waals surface area contributed by atoms with Crippen LogP contribution in [-0.4, -0.2) is 17.5 Å². The van der Waals surface area contributed by atoms with Gasteiger partial charge in [-0.3, -0.25) is 10.9 Å². The molecular weight excluding hydrogens is 292 g/mol. The Hall–Kier alpha value is -2.53. The van der Waals surface area contributed by atoms with Crippen molar-refractivity contribution in [3.8, 4) is 0 Å². The summed E-state index contributed by atoms with van der Waals surface area (Å²) < 4.78 is 0. The monoisotopic (exact) mass is 310 g/mol. The van der Waals surface area contributed by atoms with E-state index in [0.717, 1.165) is 11.1 Å². The van der Waals surface area contributed by atoms with E-state index in [2.05, 4.69) is 21.1 Å². The van der Waals surface area contributed by atoms with Crippen molar-refractivity contribution in [3.63, 3.8) is 0 Å². The molecule has 2 rings (SSSR count). The lowest BCUT2D eigenvalue weighted by Gasteiger charge is -2.01. The van der Waals surface area contributed by atoms with Crippen molar-refractivity contribution >= 4 is 29.8 Å². The lowest BCUT2D eigenvalue weighted by molar-refractivity contribution is 0.935. The van der Waals surface area contributed by atoms with Gasteiger partial charge in [0.2, 0.25) is 5.11 Å². The Kier molecular flexibility index (Phi) is 5.80. The summed E-state index contributed by atoms with van der Waals surface area (Å²) in [6.45, 7) is 4.09. The number of hydrogen-bond donors (Lipinski definition) is 2. The summed E-state index contributed by atoms with van der Waals surface area (Å²) in [6, 6.07) is 16.1. The maximum Gasteiger partial charge on any atom is 0.207 e. The van der Waals surface area contributed by atoms with Gasteiger partial charge in [0.15, 0.2) is 0 Å².